The standard InChI is InChI=1S/C13H18N4O4S/c1-3-5-14-12(20)17-10(18)7-21-11(19)9-8-22-13(16-9)15-6-4-2/h4,8H,2-3,5-7H2,1H3,(H,15,16)(H2,14,17,18,20). The van der Waals surface area contributed by atoms with E-state index in [9.17, 15) is 14.4 Å². The quantitative estimate of drug-likeness (QED) is 0.488. The number of nitrogens with one attached hydrogen (secondary N) is 3. The normalized spacial score (nSPS) is 9.68. The molecule has 0 saturated carbocycles. The number of carbonyl (C=O) groups excluding carboxylic acids is 3. The van der Waals surface area contributed by atoms with Crippen LogP contribution >= 0.6 is 11.3 Å². The fourth-order valence-corrected chi connectivity index (χ4v) is 1.95. The van der Waals surface area contributed by atoms with E-state index >= 15 is 0 Å². The van der Waals surface area contributed by atoms with Gasteiger partial charge >= 0.3 is 12.0 Å². The van der Waals surface area contributed by atoms with Crippen LogP contribution in [0.5, 0.6) is 0 Å². The summed E-state index contributed by atoms with van der Waals surface area (Å²) < 4.78 is 4.78. The molecule has 0 saturated heterocycles. The summed E-state index contributed by atoms with van der Waals surface area (Å²) in [6.45, 7) is 5.87. The van der Waals surface area contributed by atoms with E-state index in [2.05, 4.69) is 22.2 Å². The number of imide groups is 1. The Hall–Kier alpha value is -2.42. The summed E-state index contributed by atoms with van der Waals surface area (Å²) in [5.74, 6) is -1.44. The lowest BCUT2D eigenvalue weighted by molar-refractivity contribution is -0.123. The van der Waals surface area contributed by atoms with Crippen molar-refractivity contribution in [2.45, 2.75) is 13.3 Å². The SMILES string of the molecule is C=CCNc1nc(C(=O)OCC(=O)NC(=O)NCCC)cs1. The Morgan fingerprint density at radius 2 is 2.23 bits per heavy atom. The van der Waals surface area contributed by atoms with E-state index < -0.39 is 24.5 Å². The number of amides is 3. The summed E-state index contributed by atoms with van der Waals surface area (Å²) in [5.41, 5.74) is 0.0970. The predicted octanol–water partition coefficient (Wildman–Crippen LogP) is 1.13. The van der Waals surface area contributed by atoms with Gasteiger partial charge in [0.25, 0.3) is 5.91 Å². The molecule has 120 valence electrons. The van der Waals surface area contributed by atoms with Gasteiger partial charge in [-0.2, -0.15) is 0 Å². The van der Waals surface area contributed by atoms with Crippen LogP contribution in [-0.2, 0) is 9.53 Å². The molecular formula is C13H18N4O4S. The average molecular weight is 326 g/mol. The molecule has 3 N–H and O–H groups in total. The first kappa shape index (κ1) is 17.6. The first-order valence-corrected chi connectivity index (χ1v) is 7.49. The summed E-state index contributed by atoms with van der Waals surface area (Å²) in [5, 5.41) is 9.51. The molecular weight excluding hydrogens is 308 g/mol. The van der Waals surface area contributed by atoms with Crippen molar-refractivity contribution in [3.63, 3.8) is 0 Å². The van der Waals surface area contributed by atoms with Crippen molar-refractivity contribution in [1.82, 2.24) is 15.6 Å². The van der Waals surface area contributed by atoms with Crippen molar-refractivity contribution in [2.24, 2.45) is 0 Å². The van der Waals surface area contributed by atoms with E-state index in [0.717, 1.165) is 6.42 Å². The van der Waals surface area contributed by atoms with Crippen LogP contribution in [0, 0.1) is 0 Å². The van der Waals surface area contributed by atoms with Crippen LogP contribution in [0.4, 0.5) is 9.93 Å². The highest BCUT2D eigenvalue weighted by Crippen LogP contribution is 2.15. The zero-order valence-electron chi connectivity index (χ0n) is 12.2. The molecule has 1 rings (SSSR count). The smallest absolute Gasteiger partial charge is 0.358 e. The molecule has 8 nitrogen and oxygen atoms in total. The van der Waals surface area contributed by atoms with Gasteiger partial charge in [-0.3, -0.25) is 10.1 Å². The van der Waals surface area contributed by atoms with E-state index in [4.69, 9.17) is 4.74 Å². The zero-order chi connectivity index (χ0) is 16.4. The molecule has 1 aromatic heterocycles. The number of carbonyl (C=O) groups is 3. The summed E-state index contributed by atoms with van der Waals surface area (Å²) in [4.78, 5) is 38.3. The van der Waals surface area contributed by atoms with Gasteiger partial charge in [0.05, 0.1) is 0 Å². The molecule has 3 amide bonds. The van der Waals surface area contributed by atoms with Gasteiger partial charge in [-0.25, -0.2) is 14.6 Å². The number of esters is 1. The number of aromatic nitrogens is 1. The van der Waals surface area contributed by atoms with Crippen molar-refractivity contribution in [2.75, 3.05) is 25.0 Å². The zero-order valence-corrected chi connectivity index (χ0v) is 13.0. The maximum absolute atomic E-state index is 11.7. The number of rotatable bonds is 8. The Morgan fingerprint density at radius 3 is 2.91 bits per heavy atom. The third kappa shape index (κ3) is 6.35. The fourth-order valence-electron chi connectivity index (χ4n) is 1.26. The number of nitrogens with zero attached hydrogens (tertiary/aromatic N) is 1. The second-order valence-electron chi connectivity index (χ2n) is 4.09. The Morgan fingerprint density at radius 1 is 1.45 bits per heavy atom. The molecule has 0 aromatic carbocycles. The highest BCUT2D eigenvalue weighted by Gasteiger charge is 2.15. The molecule has 0 fully saturated rings. The Balaban J connectivity index is 2.35. The lowest BCUT2D eigenvalue weighted by atomic mass is 10.5. The largest absolute Gasteiger partial charge is 0.451 e. The van der Waals surface area contributed by atoms with E-state index in [1.807, 2.05) is 12.2 Å². The molecule has 0 spiro atoms. The van der Waals surface area contributed by atoms with Gasteiger partial charge in [0.15, 0.2) is 17.4 Å². The van der Waals surface area contributed by atoms with Gasteiger partial charge < -0.3 is 15.4 Å². The maximum Gasteiger partial charge on any atom is 0.358 e. The summed E-state index contributed by atoms with van der Waals surface area (Å²) in [6, 6.07) is -0.618. The molecule has 0 aliphatic rings. The van der Waals surface area contributed by atoms with Crippen LogP contribution in [0.25, 0.3) is 0 Å². The predicted molar refractivity (Wildman–Crippen MR) is 82.9 cm³/mol. The molecule has 9 heteroatoms. The van der Waals surface area contributed by atoms with Crippen molar-refractivity contribution in [1.29, 1.82) is 0 Å². The summed E-state index contributed by atoms with van der Waals surface area (Å²) in [7, 11) is 0. The van der Waals surface area contributed by atoms with E-state index in [1.54, 1.807) is 6.08 Å². The monoisotopic (exact) mass is 326 g/mol. The molecule has 0 radical (unpaired) electrons. The van der Waals surface area contributed by atoms with Crippen molar-refractivity contribution < 1.29 is 19.1 Å². The van der Waals surface area contributed by atoms with Gasteiger partial charge in [0.1, 0.15) is 0 Å². The topological polar surface area (TPSA) is 109 Å². The summed E-state index contributed by atoms with van der Waals surface area (Å²) >= 11 is 1.24. The number of anilines is 1. The van der Waals surface area contributed by atoms with Gasteiger partial charge in [-0.05, 0) is 6.42 Å². The van der Waals surface area contributed by atoms with E-state index in [0.29, 0.717) is 18.2 Å². The molecule has 0 unspecified atom stereocenters. The second kappa shape index (κ2) is 9.50. The molecule has 22 heavy (non-hydrogen) atoms. The average Bonchev–Trinajstić information content (AvgIpc) is 2.97. The van der Waals surface area contributed by atoms with Crippen LogP contribution in [0.1, 0.15) is 23.8 Å². The number of thiazole rings is 1. The van der Waals surface area contributed by atoms with Gasteiger partial charge in [0.2, 0.25) is 0 Å². The van der Waals surface area contributed by atoms with Gasteiger partial charge in [-0.1, -0.05) is 13.0 Å². The molecule has 0 atom stereocenters. The van der Waals surface area contributed by atoms with Crippen LogP contribution < -0.4 is 16.0 Å². The molecule has 0 bridgehead atoms. The number of ether oxygens (including phenoxy) is 1. The summed E-state index contributed by atoms with van der Waals surface area (Å²) in [6.07, 6.45) is 2.41. The highest BCUT2D eigenvalue weighted by atomic mass is 32.1. The minimum Gasteiger partial charge on any atom is -0.451 e. The van der Waals surface area contributed by atoms with Crippen LogP contribution in [0.15, 0.2) is 18.0 Å². The highest BCUT2D eigenvalue weighted by molar-refractivity contribution is 7.13. The van der Waals surface area contributed by atoms with Crippen LogP contribution in [0.3, 0.4) is 0 Å². The number of hydrogen-bond donors (Lipinski definition) is 3. The fraction of sp³-hybridized carbons (Fsp3) is 0.385. The van der Waals surface area contributed by atoms with E-state index in [1.165, 1.54) is 16.7 Å². The Bertz CT molecular complexity index is 544. The molecule has 1 heterocycles. The van der Waals surface area contributed by atoms with E-state index in [-0.39, 0.29) is 5.69 Å². The minimum atomic E-state index is -0.730. The first-order chi connectivity index (χ1) is 10.6. The minimum absolute atomic E-state index is 0.0970. The van der Waals surface area contributed by atoms with Crippen molar-refractivity contribution in [3.05, 3.63) is 23.7 Å². The van der Waals surface area contributed by atoms with Crippen LogP contribution in [-0.4, -0.2) is 42.6 Å². The Labute approximate surface area is 131 Å². The number of urea groups is 1. The maximum atomic E-state index is 11.7. The van der Waals surface area contributed by atoms with Crippen LogP contribution in [0.2, 0.25) is 0 Å². The molecule has 0 aliphatic heterocycles. The first-order valence-electron chi connectivity index (χ1n) is 6.62. The third-order valence-electron chi connectivity index (χ3n) is 2.23. The van der Waals surface area contributed by atoms with Crippen molar-refractivity contribution in [3.8, 4) is 0 Å². The van der Waals surface area contributed by atoms with Gasteiger partial charge in [-0.15, -0.1) is 17.9 Å². The third-order valence-corrected chi connectivity index (χ3v) is 3.03. The van der Waals surface area contributed by atoms with Gasteiger partial charge in [0, 0.05) is 18.5 Å². The lowest BCUT2D eigenvalue weighted by Gasteiger charge is -2.05. The molecule has 0 aliphatic carbocycles. The number of hydrogen-bond acceptors (Lipinski definition) is 7. The lowest BCUT2D eigenvalue weighted by Crippen LogP contribution is -2.41. The Kier molecular flexibility index (Phi) is 7.62. The van der Waals surface area contributed by atoms with Crippen molar-refractivity contribution >= 4 is 34.4 Å². The molecule has 1 aromatic rings. The second-order valence-corrected chi connectivity index (χ2v) is 4.95.